The van der Waals surface area contributed by atoms with Crippen molar-refractivity contribution in [1.82, 2.24) is 14.9 Å². The summed E-state index contributed by atoms with van der Waals surface area (Å²) in [7, 11) is 1.44. The lowest BCUT2D eigenvalue weighted by Crippen LogP contribution is -2.30. The first-order valence-electron chi connectivity index (χ1n) is 6.70. The summed E-state index contributed by atoms with van der Waals surface area (Å²) in [6.07, 6.45) is 0. The molecular formula is C15H16N4O3. The van der Waals surface area contributed by atoms with E-state index in [4.69, 9.17) is 10.8 Å². The molecule has 0 saturated carbocycles. The fourth-order valence-electron chi connectivity index (χ4n) is 2.20. The average molecular weight is 300 g/mol. The predicted molar refractivity (Wildman–Crippen MR) is 83.4 cm³/mol. The van der Waals surface area contributed by atoms with Gasteiger partial charge in [-0.05, 0) is 25.0 Å². The molecule has 0 saturated heterocycles. The minimum absolute atomic E-state index is 0.0686. The van der Waals surface area contributed by atoms with Crippen LogP contribution >= 0.6 is 0 Å². The molecule has 2 aromatic heterocycles. The zero-order valence-electron chi connectivity index (χ0n) is 12.3. The fourth-order valence-corrected chi connectivity index (χ4v) is 2.20. The van der Waals surface area contributed by atoms with Gasteiger partial charge in [0, 0.05) is 13.6 Å². The number of aromatic nitrogens is 2. The number of nitrogens with one attached hydrogen (secondary N) is 1. The van der Waals surface area contributed by atoms with Gasteiger partial charge in [-0.25, -0.2) is 4.98 Å². The number of carbonyl (C=O) groups is 1. The average Bonchev–Trinajstić information content (AvgIpc) is 2.53. The van der Waals surface area contributed by atoms with E-state index in [2.05, 4.69) is 22.1 Å². The van der Waals surface area contributed by atoms with Gasteiger partial charge in [0.25, 0.3) is 5.91 Å². The molecule has 0 aliphatic heterocycles. The van der Waals surface area contributed by atoms with Gasteiger partial charge in [-0.1, -0.05) is 5.92 Å². The molecule has 0 fully saturated rings. The second-order valence-corrected chi connectivity index (χ2v) is 4.44. The molecule has 2 rings (SSSR count). The first-order valence-corrected chi connectivity index (χ1v) is 6.70. The highest BCUT2D eigenvalue weighted by atomic mass is 16.2. The Kier molecular flexibility index (Phi) is 4.44. The van der Waals surface area contributed by atoms with Gasteiger partial charge in [0.1, 0.15) is 29.3 Å². The van der Waals surface area contributed by atoms with E-state index < -0.39 is 11.3 Å². The highest BCUT2D eigenvalue weighted by Crippen LogP contribution is 2.17. The maximum atomic E-state index is 12.5. The largest absolute Gasteiger partial charge is 0.384 e. The van der Waals surface area contributed by atoms with Crippen LogP contribution in [0.2, 0.25) is 0 Å². The molecular weight excluding hydrogens is 284 g/mol. The molecule has 0 aromatic carbocycles. The van der Waals surface area contributed by atoms with E-state index >= 15 is 0 Å². The maximum Gasteiger partial charge on any atom is 0.258 e. The number of nitrogens with zero attached hydrogens (tertiary/aromatic N) is 2. The van der Waals surface area contributed by atoms with E-state index in [-0.39, 0.29) is 18.0 Å². The quantitative estimate of drug-likeness (QED) is 0.660. The molecule has 0 unspecified atom stereocenters. The molecule has 7 heteroatoms. The maximum absolute atomic E-state index is 12.5. The number of anilines is 1. The van der Waals surface area contributed by atoms with Gasteiger partial charge in [0.05, 0.1) is 5.39 Å². The van der Waals surface area contributed by atoms with Crippen molar-refractivity contribution in [3.63, 3.8) is 0 Å². The lowest BCUT2D eigenvalue weighted by atomic mass is 10.1. The minimum atomic E-state index is -0.532. The van der Waals surface area contributed by atoms with Gasteiger partial charge in [-0.2, -0.15) is 0 Å². The number of nitrogen functional groups attached to an aromatic ring is 1. The van der Waals surface area contributed by atoms with Crippen LogP contribution in [0, 0.1) is 11.8 Å². The number of aliphatic hydroxyl groups excluding tert-OH is 1. The normalized spacial score (nSPS) is 10.1. The number of hydrogen-bond donors (Lipinski definition) is 3. The van der Waals surface area contributed by atoms with E-state index in [0.29, 0.717) is 23.3 Å². The Balaban J connectivity index is 2.87. The molecule has 0 atom stereocenters. The predicted octanol–water partition coefficient (Wildman–Crippen LogP) is -0.298. The number of aryl methyl sites for hydroxylation is 1. The summed E-state index contributed by atoms with van der Waals surface area (Å²) >= 11 is 0. The third-order valence-corrected chi connectivity index (χ3v) is 3.22. The minimum Gasteiger partial charge on any atom is -0.384 e. The zero-order chi connectivity index (χ0) is 16.3. The molecule has 0 spiro atoms. The first-order chi connectivity index (χ1) is 10.5. The molecule has 1 amide bonds. The van der Waals surface area contributed by atoms with Crippen LogP contribution in [0.4, 0.5) is 5.82 Å². The van der Waals surface area contributed by atoms with E-state index in [1.165, 1.54) is 7.05 Å². The van der Waals surface area contributed by atoms with Crippen LogP contribution in [0.15, 0.2) is 16.9 Å². The van der Waals surface area contributed by atoms with Gasteiger partial charge in [-0.3, -0.25) is 9.59 Å². The van der Waals surface area contributed by atoms with Crippen molar-refractivity contribution in [1.29, 1.82) is 0 Å². The topological polar surface area (TPSA) is 110 Å². The molecule has 0 radical (unpaired) electrons. The number of amides is 1. The summed E-state index contributed by atoms with van der Waals surface area (Å²) < 4.78 is 1.59. The molecule has 2 aromatic rings. The van der Waals surface area contributed by atoms with Gasteiger partial charge < -0.3 is 20.7 Å². The smallest absolute Gasteiger partial charge is 0.258 e. The van der Waals surface area contributed by atoms with Gasteiger partial charge in [0.15, 0.2) is 0 Å². The van der Waals surface area contributed by atoms with Crippen LogP contribution in [0.3, 0.4) is 0 Å². The Morgan fingerprint density at radius 3 is 2.82 bits per heavy atom. The van der Waals surface area contributed by atoms with Gasteiger partial charge in [-0.15, -0.1) is 0 Å². The van der Waals surface area contributed by atoms with Crippen molar-refractivity contribution in [2.24, 2.45) is 0 Å². The van der Waals surface area contributed by atoms with E-state index in [0.717, 1.165) is 0 Å². The van der Waals surface area contributed by atoms with Gasteiger partial charge >= 0.3 is 0 Å². The number of aliphatic hydroxyl groups is 1. The standard InChI is InChI=1S/C15H16N4O3/c1-3-19-13(16)11(15(22)17-2)12(21)10-7-6-9(5-4-8-20)18-14(10)19/h6-7,20H,3,8,16H2,1-2H3,(H,17,22). The molecule has 2 heterocycles. The Morgan fingerprint density at radius 1 is 1.50 bits per heavy atom. The number of hydrogen-bond acceptors (Lipinski definition) is 5. The van der Waals surface area contributed by atoms with Crippen LogP contribution in [0.5, 0.6) is 0 Å². The summed E-state index contributed by atoms with van der Waals surface area (Å²) in [5.41, 5.74) is 6.19. The molecule has 4 N–H and O–H groups in total. The second kappa shape index (κ2) is 6.28. The van der Waals surface area contributed by atoms with Crippen molar-refractivity contribution >= 4 is 22.8 Å². The van der Waals surface area contributed by atoms with Crippen molar-refractivity contribution in [2.45, 2.75) is 13.5 Å². The molecule has 0 bridgehead atoms. The summed E-state index contributed by atoms with van der Waals surface area (Å²) in [5, 5.41) is 11.4. The third kappa shape index (κ3) is 2.52. The van der Waals surface area contributed by atoms with Crippen molar-refractivity contribution in [3.8, 4) is 11.8 Å². The Hall–Kier alpha value is -2.85. The summed E-state index contributed by atoms with van der Waals surface area (Å²) in [5.74, 6) is 4.71. The Labute approximate surface area is 126 Å². The number of nitrogens with two attached hydrogens (primary N) is 1. The molecule has 7 nitrogen and oxygen atoms in total. The fraction of sp³-hybridized carbons (Fsp3) is 0.267. The van der Waals surface area contributed by atoms with Crippen LogP contribution in [0.1, 0.15) is 23.0 Å². The van der Waals surface area contributed by atoms with Crippen molar-refractivity contribution in [2.75, 3.05) is 19.4 Å². The van der Waals surface area contributed by atoms with E-state index in [9.17, 15) is 9.59 Å². The number of carbonyl (C=O) groups excluding carboxylic acids is 1. The third-order valence-electron chi connectivity index (χ3n) is 3.22. The summed E-state index contributed by atoms with van der Waals surface area (Å²) in [6, 6.07) is 3.13. The number of rotatable bonds is 2. The monoisotopic (exact) mass is 300 g/mol. The van der Waals surface area contributed by atoms with Crippen LogP contribution < -0.4 is 16.5 Å². The highest BCUT2D eigenvalue weighted by Gasteiger charge is 2.20. The Bertz CT molecular complexity index is 859. The molecule has 22 heavy (non-hydrogen) atoms. The van der Waals surface area contributed by atoms with E-state index in [1.807, 2.05) is 6.92 Å². The van der Waals surface area contributed by atoms with Gasteiger partial charge in [0.2, 0.25) is 5.43 Å². The first kappa shape index (κ1) is 15.5. The van der Waals surface area contributed by atoms with Crippen molar-refractivity contribution < 1.29 is 9.90 Å². The number of fused-ring (bicyclic) bond motifs is 1. The van der Waals surface area contributed by atoms with Crippen LogP contribution in [-0.4, -0.2) is 34.2 Å². The highest BCUT2D eigenvalue weighted by molar-refractivity contribution is 6.01. The Morgan fingerprint density at radius 2 is 2.23 bits per heavy atom. The molecule has 0 aliphatic carbocycles. The number of pyridine rings is 2. The van der Waals surface area contributed by atoms with Crippen molar-refractivity contribution in [3.05, 3.63) is 33.6 Å². The SMILES string of the molecule is CCn1c(N)c(C(=O)NC)c(=O)c2ccc(C#CCO)nc21. The summed E-state index contributed by atoms with van der Waals surface area (Å²) in [6.45, 7) is 2.00. The zero-order valence-corrected chi connectivity index (χ0v) is 12.3. The lowest BCUT2D eigenvalue weighted by Gasteiger charge is -2.14. The molecule has 114 valence electrons. The summed E-state index contributed by atoms with van der Waals surface area (Å²) in [4.78, 5) is 28.7. The van der Waals surface area contributed by atoms with Crippen LogP contribution in [0.25, 0.3) is 11.0 Å². The second-order valence-electron chi connectivity index (χ2n) is 4.44. The molecule has 0 aliphatic rings. The van der Waals surface area contributed by atoms with E-state index in [1.54, 1.807) is 16.7 Å². The van der Waals surface area contributed by atoms with Crippen LogP contribution in [-0.2, 0) is 6.54 Å². The lowest BCUT2D eigenvalue weighted by molar-refractivity contribution is 0.0962.